The summed E-state index contributed by atoms with van der Waals surface area (Å²) in [5.74, 6) is 0.727. The van der Waals surface area contributed by atoms with E-state index in [1.807, 2.05) is 6.07 Å². The number of para-hydroxylation sites is 2. The summed E-state index contributed by atoms with van der Waals surface area (Å²) in [6, 6.07) is 10.7. The molecule has 6 nitrogen and oxygen atoms in total. The predicted octanol–water partition coefficient (Wildman–Crippen LogP) is 1.62. The summed E-state index contributed by atoms with van der Waals surface area (Å²) in [5.41, 5.74) is 3.23. The van der Waals surface area contributed by atoms with Crippen LogP contribution in [0.15, 0.2) is 53.9 Å². The van der Waals surface area contributed by atoms with Crippen LogP contribution in [0.4, 0.5) is 0 Å². The van der Waals surface area contributed by atoms with E-state index in [9.17, 15) is 4.79 Å². The van der Waals surface area contributed by atoms with Gasteiger partial charge in [0.05, 0.1) is 13.3 Å². The van der Waals surface area contributed by atoms with Crippen molar-refractivity contribution in [2.24, 2.45) is 5.10 Å². The van der Waals surface area contributed by atoms with Gasteiger partial charge in [0.25, 0.3) is 5.91 Å². The highest BCUT2D eigenvalue weighted by Crippen LogP contribution is 2.25. The summed E-state index contributed by atoms with van der Waals surface area (Å²) in [4.78, 5) is 15.5. The average Bonchev–Trinajstić information content (AvgIpc) is 2.54. The molecular weight excluding hydrogens is 270 g/mol. The molecule has 2 aromatic rings. The van der Waals surface area contributed by atoms with Crippen molar-refractivity contribution in [2.45, 2.75) is 0 Å². The number of benzene rings is 1. The van der Waals surface area contributed by atoms with Gasteiger partial charge in [0.15, 0.2) is 18.1 Å². The lowest BCUT2D eigenvalue weighted by atomic mass is 10.3. The van der Waals surface area contributed by atoms with Crippen LogP contribution in [0.5, 0.6) is 11.5 Å². The topological polar surface area (TPSA) is 72.8 Å². The predicted molar refractivity (Wildman–Crippen MR) is 78.5 cm³/mol. The molecule has 0 fully saturated rings. The number of methoxy groups -OCH3 is 1. The van der Waals surface area contributed by atoms with E-state index in [1.54, 1.807) is 49.8 Å². The normalized spacial score (nSPS) is 10.3. The van der Waals surface area contributed by atoms with Gasteiger partial charge in [0.2, 0.25) is 0 Å². The molecule has 1 aromatic carbocycles. The Morgan fingerprint density at radius 1 is 1.24 bits per heavy atom. The van der Waals surface area contributed by atoms with Crippen molar-refractivity contribution in [3.63, 3.8) is 0 Å². The molecule has 21 heavy (non-hydrogen) atoms. The van der Waals surface area contributed by atoms with Crippen LogP contribution in [-0.4, -0.2) is 30.8 Å². The van der Waals surface area contributed by atoms with Crippen LogP contribution >= 0.6 is 0 Å². The fourth-order valence-electron chi connectivity index (χ4n) is 1.54. The van der Waals surface area contributed by atoms with E-state index in [0.717, 1.165) is 5.56 Å². The Labute approximate surface area is 122 Å². The number of carbonyl (C=O) groups is 1. The Morgan fingerprint density at radius 2 is 1.95 bits per heavy atom. The van der Waals surface area contributed by atoms with Crippen LogP contribution < -0.4 is 14.9 Å². The van der Waals surface area contributed by atoms with E-state index in [4.69, 9.17) is 9.47 Å². The highest BCUT2D eigenvalue weighted by Gasteiger charge is 2.05. The summed E-state index contributed by atoms with van der Waals surface area (Å²) >= 11 is 0. The Kier molecular flexibility index (Phi) is 5.28. The number of ether oxygens (including phenoxy) is 2. The number of hydrogen-bond acceptors (Lipinski definition) is 5. The van der Waals surface area contributed by atoms with Gasteiger partial charge in [0.1, 0.15) is 0 Å². The Bertz CT molecular complexity index is 615. The second-order valence-electron chi connectivity index (χ2n) is 4.01. The van der Waals surface area contributed by atoms with Crippen LogP contribution in [0, 0.1) is 0 Å². The number of hydrazone groups is 1. The molecule has 0 saturated heterocycles. The first kappa shape index (κ1) is 14.5. The minimum Gasteiger partial charge on any atom is -0.493 e. The summed E-state index contributed by atoms with van der Waals surface area (Å²) in [5, 5.41) is 3.83. The Balaban J connectivity index is 1.81. The third kappa shape index (κ3) is 4.61. The van der Waals surface area contributed by atoms with E-state index < -0.39 is 0 Å². The molecule has 0 radical (unpaired) electrons. The van der Waals surface area contributed by atoms with Crippen molar-refractivity contribution in [1.82, 2.24) is 10.4 Å². The highest BCUT2D eigenvalue weighted by atomic mass is 16.5. The monoisotopic (exact) mass is 285 g/mol. The minimum absolute atomic E-state index is 0.145. The molecule has 0 aliphatic rings. The number of amides is 1. The minimum atomic E-state index is -0.355. The van der Waals surface area contributed by atoms with Crippen molar-refractivity contribution < 1.29 is 14.3 Å². The van der Waals surface area contributed by atoms with E-state index in [1.165, 1.54) is 6.21 Å². The van der Waals surface area contributed by atoms with Crippen LogP contribution in [-0.2, 0) is 4.79 Å². The number of pyridine rings is 1. The van der Waals surface area contributed by atoms with Gasteiger partial charge in [-0.1, -0.05) is 12.1 Å². The summed E-state index contributed by atoms with van der Waals surface area (Å²) in [6.07, 6.45) is 4.82. The van der Waals surface area contributed by atoms with Crippen molar-refractivity contribution in [3.8, 4) is 11.5 Å². The first-order chi connectivity index (χ1) is 10.3. The fraction of sp³-hybridized carbons (Fsp3) is 0.133. The van der Waals surface area contributed by atoms with E-state index >= 15 is 0 Å². The first-order valence-electron chi connectivity index (χ1n) is 6.27. The molecule has 1 heterocycles. The van der Waals surface area contributed by atoms with Crippen LogP contribution in [0.2, 0.25) is 0 Å². The van der Waals surface area contributed by atoms with Crippen molar-refractivity contribution >= 4 is 12.1 Å². The van der Waals surface area contributed by atoms with Gasteiger partial charge in [-0.05, 0) is 29.8 Å². The molecule has 1 N–H and O–H groups in total. The number of rotatable bonds is 6. The molecule has 1 amide bonds. The maximum atomic E-state index is 11.6. The number of aromatic nitrogens is 1. The molecule has 0 unspecified atom stereocenters. The maximum absolute atomic E-state index is 11.6. The first-order valence-corrected chi connectivity index (χ1v) is 6.27. The molecule has 0 aliphatic carbocycles. The molecule has 108 valence electrons. The summed E-state index contributed by atoms with van der Waals surface area (Å²) in [7, 11) is 1.54. The lowest BCUT2D eigenvalue weighted by Crippen LogP contribution is -2.24. The molecule has 0 spiro atoms. The number of nitrogens with zero attached hydrogens (tertiary/aromatic N) is 2. The standard InChI is InChI=1S/C15H15N3O3/c1-20-13-4-2-3-5-14(13)21-11-15(19)18-17-10-12-6-8-16-9-7-12/h2-10H,11H2,1H3,(H,18,19)/b17-10+. The quantitative estimate of drug-likeness (QED) is 0.646. The molecule has 0 bridgehead atoms. The largest absolute Gasteiger partial charge is 0.493 e. The zero-order chi connectivity index (χ0) is 14.9. The second kappa shape index (κ2) is 7.64. The molecule has 1 aromatic heterocycles. The van der Waals surface area contributed by atoms with Gasteiger partial charge in [0, 0.05) is 12.4 Å². The van der Waals surface area contributed by atoms with Gasteiger partial charge < -0.3 is 9.47 Å². The van der Waals surface area contributed by atoms with Crippen molar-refractivity contribution in [1.29, 1.82) is 0 Å². The SMILES string of the molecule is COc1ccccc1OCC(=O)N/N=C/c1ccncc1. The van der Waals surface area contributed by atoms with Crippen LogP contribution in [0.1, 0.15) is 5.56 Å². The average molecular weight is 285 g/mol. The zero-order valence-corrected chi connectivity index (χ0v) is 11.5. The van der Waals surface area contributed by atoms with E-state index in [0.29, 0.717) is 11.5 Å². The second-order valence-corrected chi connectivity index (χ2v) is 4.01. The fourth-order valence-corrected chi connectivity index (χ4v) is 1.54. The Morgan fingerprint density at radius 3 is 2.67 bits per heavy atom. The number of nitrogens with one attached hydrogen (secondary N) is 1. The number of hydrogen-bond donors (Lipinski definition) is 1. The molecule has 2 rings (SSSR count). The summed E-state index contributed by atoms with van der Waals surface area (Å²) < 4.78 is 10.5. The lowest BCUT2D eigenvalue weighted by Gasteiger charge is -2.09. The lowest BCUT2D eigenvalue weighted by molar-refractivity contribution is -0.123. The van der Waals surface area contributed by atoms with E-state index in [2.05, 4.69) is 15.5 Å². The maximum Gasteiger partial charge on any atom is 0.277 e. The van der Waals surface area contributed by atoms with Gasteiger partial charge in [-0.2, -0.15) is 5.10 Å². The van der Waals surface area contributed by atoms with Gasteiger partial charge in [-0.3, -0.25) is 9.78 Å². The highest BCUT2D eigenvalue weighted by molar-refractivity contribution is 5.82. The van der Waals surface area contributed by atoms with Gasteiger partial charge >= 0.3 is 0 Å². The third-order valence-electron chi connectivity index (χ3n) is 2.54. The molecule has 0 atom stereocenters. The summed E-state index contributed by atoms with van der Waals surface area (Å²) in [6.45, 7) is -0.145. The van der Waals surface area contributed by atoms with E-state index in [-0.39, 0.29) is 12.5 Å². The van der Waals surface area contributed by atoms with Crippen LogP contribution in [0.3, 0.4) is 0 Å². The van der Waals surface area contributed by atoms with Crippen LogP contribution in [0.25, 0.3) is 0 Å². The molecule has 6 heteroatoms. The molecule has 0 aliphatic heterocycles. The molecular formula is C15H15N3O3. The van der Waals surface area contributed by atoms with Gasteiger partial charge in [-0.15, -0.1) is 0 Å². The molecule has 0 saturated carbocycles. The Hall–Kier alpha value is -2.89. The smallest absolute Gasteiger partial charge is 0.277 e. The van der Waals surface area contributed by atoms with Crippen molar-refractivity contribution in [2.75, 3.05) is 13.7 Å². The zero-order valence-electron chi connectivity index (χ0n) is 11.5. The van der Waals surface area contributed by atoms with Gasteiger partial charge in [-0.25, -0.2) is 5.43 Å². The number of carbonyl (C=O) groups excluding carboxylic acids is 1. The third-order valence-corrected chi connectivity index (χ3v) is 2.54. The van der Waals surface area contributed by atoms with Crippen molar-refractivity contribution in [3.05, 3.63) is 54.4 Å².